The largest absolute Gasteiger partial charge is 0.457 e. The predicted octanol–water partition coefficient (Wildman–Crippen LogP) is 5.00. The van der Waals surface area contributed by atoms with Crippen LogP contribution in [0.5, 0.6) is 11.5 Å². The van der Waals surface area contributed by atoms with Crippen molar-refractivity contribution in [3.05, 3.63) is 71.2 Å². The fourth-order valence-corrected chi connectivity index (χ4v) is 2.53. The van der Waals surface area contributed by atoms with Crippen molar-refractivity contribution >= 4 is 22.4 Å². The molecule has 0 aliphatic rings. The molecule has 0 heterocycles. The van der Waals surface area contributed by atoms with Gasteiger partial charge < -0.3 is 10.1 Å². The molecule has 3 rings (SSSR count). The lowest BCUT2D eigenvalue weighted by molar-refractivity contribution is 0.483. The van der Waals surface area contributed by atoms with Gasteiger partial charge in [-0.1, -0.05) is 48.0 Å². The van der Waals surface area contributed by atoms with Crippen molar-refractivity contribution in [1.29, 1.82) is 0 Å². The Morgan fingerprint density at radius 2 is 1.62 bits per heavy atom. The molecule has 0 saturated carbocycles. The average Bonchev–Trinajstić information content (AvgIpc) is 2.50. The zero-order valence-corrected chi connectivity index (χ0v) is 12.5. The number of benzene rings is 3. The van der Waals surface area contributed by atoms with Gasteiger partial charge in [0.15, 0.2) is 0 Å². The monoisotopic (exact) mass is 297 g/mol. The molecule has 0 unspecified atom stereocenters. The minimum atomic E-state index is 0.711. The molecule has 0 saturated heterocycles. The molecular weight excluding hydrogens is 282 g/mol. The Balaban J connectivity index is 1.86. The molecule has 21 heavy (non-hydrogen) atoms. The SMILES string of the molecule is CNCc1ccc(Oc2ccc3ccccc3c2)cc1Cl. The summed E-state index contributed by atoms with van der Waals surface area (Å²) in [6.07, 6.45) is 0. The van der Waals surface area contributed by atoms with Crippen molar-refractivity contribution in [3.63, 3.8) is 0 Å². The van der Waals surface area contributed by atoms with E-state index in [0.717, 1.165) is 29.0 Å². The van der Waals surface area contributed by atoms with E-state index in [-0.39, 0.29) is 0 Å². The quantitative estimate of drug-likeness (QED) is 0.731. The fourth-order valence-electron chi connectivity index (χ4n) is 2.29. The molecular formula is C18H16ClNO. The Morgan fingerprint density at radius 1 is 0.905 bits per heavy atom. The zero-order chi connectivity index (χ0) is 14.7. The summed E-state index contributed by atoms with van der Waals surface area (Å²) in [5.41, 5.74) is 1.06. The van der Waals surface area contributed by atoms with Gasteiger partial charge in [-0.2, -0.15) is 0 Å². The average molecular weight is 298 g/mol. The smallest absolute Gasteiger partial charge is 0.128 e. The van der Waals surface area contributed by atoms with Gasteiger partial charge >= 0.3 is 0 Å². The second-order valence-corrected chi connectivity index (χ2v) is 5.30. The van der Waals surface area contributed by atoms with E-state index < -0.39 is 0 Å². The van der Waals surface area contributed by atoms with Gasteiger partial charge in [0.05, 0.1) is 0 Å². The van der Waals surface area contributed by atoms with Gasteiger partial charge in [-0.3, -0.25) is 0 Å². The zero-order valence-electron chi connectivity index (χ0n) is 11.8. The first kappa shape index (κ1) is 13.9. The number of nitrogens with one attached hydrogen (secondary N) is 1. The van der Waals surface area contributed by atoms with Crippen LogP contribution in [0, 0.1) is 0 Å². The second kappa shape index (κ2) is 6.17. The van der Waals surface area contributed by atoms with E-state index >= 15 is 0 Å². The van der Waals surface area contributed by atoms with E-state index in [2.05, 4.69) is 23.5 Å². The molecule has 0 aliphatic carbocycles. The van der Waals surface area contributed by atoms with Gasteiger partial charge in [0.25, 0.3) is 0 Å². The van der Waals surface area contributed by atoms with Crippen LogP contribution in [0.4, 0.5) is 0 Å². The Labute approximate surface area is 129 Å². The Kier molecular flexibility index (Phi) is 4.09. The van der Waals surface area contributed by atoms with E-state index in [4.69, 9.17) is 16.3 Å². The van der Waals surface area contributed by atoms with Crippen molar-refractivity contribution in [3.8, 4) is 11.5 Å². The molecule has 0 amide bonds. The second-order valence-electron chi connectivity index (χ2n) is 4.89. The predicted molar refractivity (Wildman–Crippen MR) is 88.2 cm³/mol. The molecule has 0 spiro atoms. The van der Waals surface area contributed by atoms with Crippen molar-refractivity contribution in [1.82, 2.24) is 5.32 Å². The molecule has 0 fully saturated rings. The minimum absolute atomic E-state index is 0.711. The normalized spacial score (nSPS) is 10.8. The summed E-state index contributed by atoms with van der Waals surface area (Å²) in [6.45, 7) is 0.745. The third-order valence-electron chi connectivity index (χ3n) is 3.35. The molecule has 2 nitrogen and oxygen atoms in total. The topological polar surface area (TPSA) is 21.3 Å². The molecule has 0 aliphatic heterocycles. The molecule has 3 heteroatoms. The van der Waals surface area contributed by atoms with Crippen LogP contribution < -0.4 is 10.1 Å². The summed E-state index contributed by atoms with van der Waals surface area (Å²) in [4.78, 5) is 0. The first-order valence-corrected chi connectivity index (χ1v) is 7.24. The highest BCUT2D eigenvalue weighted by atomic mass is 35.5. The standard InChI is InChI=1S/C18H16ClNO/c1-20-12-15-7-9-17(11-18(15)19)21-16-8-6-13-4-2-3-5-14(13)10-16/h2-11,20H,12H2,1H3. The van der Waals surface area contributed by atoms with Crippen molar-refractivity contribution in [2.45, 2.75) is 6.54 Å². The summed E-state index contributed by atoms with van der Waals surface area (Å²) in [6, 6.07) is 20.0. The van der Waals surface area contributed by atoms with Gasteiger partial charge in [0.1, 0.15) is 11.5 Å². The number of ether oxygens (including phenoxy) is 1. The van der Waals surface area contributed by atoms with E-state index in [1.807, 2.05) is 49.5 Å². The first-order chi connectivity index (χ1) is 10.3. The van der Waals surface area contributed by atoms with Gasteiger partial charge in [0, 0.05) is 11.6 Å². The fraction of sp³-hybridized carbons (Fsp3) is 0.111. The number of rotatable bonds is 4. The summed E-state index contributed by atoms with van der Waals surface area (Å²) in [5, 5.41) is 6.16. The van der Waals surface area contributed by atoms with Crippen LogP contribution in [-0.4, -0.2) is 7.05 Å². The highest BCUT2D eigenvalue weighted by Gasteiger charge is 2.04. The molecule has 0 atom stereocenters. The molecule has 0 bridgehead atoms. The lowest BCUT2D eigenvalue weighted by atomic mass is 10.1. The van der Waals surface area contributed by atoms with E-state index in [9.17, 15) is 0 Å². The van der Waals surface area contributed by atoms with Crippen LogP contribution in [0.1, 0.15) is 5.56 Å². The number of hydrogen-bond acceptors (Lipinski definition) is 2. The Hall–Kier alpha value is -2.03. The highest BCUT2D eigenvalue weighted by Crippen LogP contribution is 2.28. The van der Waals surface area contributed by atoms with Crippen LogP contribution in [-0.2, 0) is 6.54 Å². The van der Waals surface area contributed by atoms with Crippen LogP contribution in [0.3, 0.4) is 0 Å². The first-order valence-electron chi connectivity index (χ1n) is 6.86. The number of fused-ring (bicyclic) bond motifs is 1. The molecule has 3 aromatic carbocycles. The number of hydrogen-bond donors (Lipinski definition) is 1. The van der Waals surface area contributed by atoms with Crippen molar-refractivity contribution in [2.24, 2.45) is 0 Å². The van der Waals surface area contributed by atoms with Gasteiger partial charge in [0.2, 0.25) is 0 Å². The minimum Gasteiger partial charge on any atom is -0.457 e. The third-order valence-corrected chi connectivity index (χ3v) is 3.70. The summed E-state index contributed by atoms with van der Waals surface area (Å²) in [7, 11) is 1.90. The maximum atomic E-state index is 6.25. The van der Waals surface area contributed by atoms with Crippen LogP contribution >= 0.6 is 11.6 Å². The van der Waals surface area contributed by atoms with Crippen LogP contribution in [0.15, 0.2) is 60.7 Å². The Morgan fingerprint density at radius 3 is 2.38 bits per heavy atom. The lowest BCUT2D eigenvalue weighted by Crippen LogP contribution is -2.05. The summed E-state index contributed by atoms with van der Waals surface area (Å²) < 4.78 is 5.90. The maximum absolute atomic E-state index is 6.25. The third kappa shape index (κ3) is 3.18. The molecule has 1 N–H and O–H groups in total. The number of halogens is 1. The van der Waals surface area contributed by atoms with Gasteiger partial charge in [-0.25, -0.2) is 0 Å². The Bertz CT molecular complexity index is 770. The maximum Gasteiger partial charge on any atom is 0.128 e. The molecule has 0 aromatic heterocycles. The van der Waals surface area contributed by atoms with E-state index in [1.54, 1.807) is 0 Å². The highest BCUT2D eigenvalue weighted by molar-refractivity contribution is 6.31. The van der Waals surface area contributed by atoms with Crippen molar-refractivity contribution < 1.29 is 4.74 Å². The molecule has 3 aromatic rings. The van der Waals surface area contributed by atoms with Gasteiger partial charge in [-0.15, -0.1) is 0 Å². The summed E-state index contributed by atoms with van der Waals surface area (Å²) in [5.74, 6) is 1.56. The van der Waals surface area contributed by atoms with E-state index in [0.29, 0.717) is 5.02 Å². The lowest BCUT2D eigenvalue weighted by Gasteiger charge is -2.09. The molecule has 106 valence electrons. The van der Waals surface area contributed by atoms with E-state index in [1.165, 1.54) is 5.39 Å². The molecule has 0 radical (unpaired) electrons. The van der Waals surface area contributed by atoms with Crippen LogP contribution in [0.25, 0.3) is 10.8 Å². The van der Waals surface area contributed by atoms with Crippen molar-refractivity contribution in [2.75, 3.05) is 7.05 Å². The summed E-state index contributed by atoms with van der Waals surface area (Å²) >= 11 is 6.25. The van der Waals surface area contributed by atoms with Gasteiger partial charge in [-0.05, 0) is 47.6 Å². The van der Waals surface area contributed by atoms with Crippen LogP contribution in [0.2, 0.25) is 5.02 Å².